The second-order valence-corrected chi connectivity index (χ2v) is 6.50. The fraction of sp³-hybridized carbons (Fsp3) is 0.263. The molecule has 1 amide bonds. The zero-order valence-corrected chi connectivity index (χ0v) is 14.8. The minimum absolute atomic E-state index is 0.0990. The summed E-state index contributed by atoms with van der Waals surface area (Å²) in [6.45, 7) is 4.47. The highest BCUT2D eigenvalue weighted by molar-refractivity contribution is 7.99. The molecule has 0 aromatic heterocycles. The Bertz CT molecular complexity index is 657. The third kappa shape index (κ3) is 6.08. The van der Waals surface area contributed by atoms with E-state index in [9.17, 15) is 4.79 Å². The monoisotopic (exact) mass is 342 g/mol. The molecule has 0 bridgehead atoms. The fourth-order valence-corrected chi connectivity index (χ4v) is 2.79. The first kappa shape index (κ1) is 18.1. The molecule has 1 N–H and O–H groups in total. The zero-order chi connectivity index (χ0) is 17.2. The highest BCUT2D eigenvalue weighted by Gasteiger charge is 2.12. The molecule has 2 rings (SSSR count). The van der Waals surface area contributed by atoms with Crippen molar-refractivity contribution in [3.05, 3.63) is 65.7 Å². The molecule has 2 aromatic rings. The van der Waals surface area contributed by atoms with Crippen LogP contribution >= 0.6 is 11.8 Å². The smallest absolute Gasteiger partial charge is 0.252 e. The summed E-state index contributed by atoms with van der Waals surface area (Å²) in [5.74, 6) is 1.53. The predicted octanol–water partition coefficient (Wildman–Crippen LogP) is 3.86. The Balaban J connectivity index is 1.76. The van der Waals surface area contributed by atoms with Crippen LogP contribution < -0.4 is 10.2 Å². The van der Waals surface area contributed by atoms with Gasteiger partial charge in [0.2, 0.25) is 0 Å². The summed E-state index contributed by atoms with van der Waals surface area (Å²) in [6, 6.07) is 17.7. The second kappa shape index (κ2) is 9.78. The van der Waals surface area contributed by atoms with Gasteiger partial charge in [0.05, 0.1) is 18.1 Å². The molecule has 0 unspecified atom stereocenters. The Hall–Kier alpha value is -2.27. The Morgan fingerprint density at radius 1 is 1.21 bits per heavy atom. The topological polar surface area (TPSA) is 50.7 Å². The summed E-state index contributed by atoms with van der Waals surface area (Å²) in [7, 11) is 0. The van der Waals surface area contributed by atoms with Crippen LogP contribution in [0.15, 0.2) is 59.7 Å². The van der Waals surface area contributed by atoms with Crippen molar-refractivity contribution in [1.29, 1.82) is 0 Å². The first-order valence-corrected chi connectivity index (χ1v) is 8.95. The molecule has 126 valence electrons. The molecule has 24 heavy (non-hydrogen) atoms. The lowest BCUT2D eigenvalue weighted by atomic mass is 10.2. The Labute approximate surface area is 147 Å². The van der Waals surface area contributed by atoms with E-state index in [1.807, 2.05) is 56.3 Å². The average molecular weight is 342 g/mol. The van der Waals surface area contributed by atoms with Gasteiger partial charge in [-0.25, -0.2) is 5.43 Å². The van der Waals surface area contributed by atoms with Crippen LogP contribution in [0.3, 0.4) is 0 Å². The molecular weight excluding hydrogens is 320 g/mol. The van der Waals surface area contributed by atoms with Gasteiger partial charge in [0, 0.05) is 5.75 Å². The van der Waals surface area contributed by atoms with Crippen molar-refractivity contribution in [2.75, 3.05) is 6.61 Å². The first-order chi connectivity index (χ1) is 11.7. The number of hydrogen-bond acceptors (Lipinski definition) is 4. The van der Waals surface area contributed by atoms with Gasteiger partial charge in [-0.15, -0.1) is 11.8 Å². The number of thioether (sulfide) groups is 1. The van der Waals surface area contributed by atoms with Crippen LogP contribution in [0, 0.1) is 0 Å². The molecule has 5 heteroatoms. The van der Waals surface area contributed by atoms with Gasteiger partial charge in [-0.05, 0) is 49.2 Å². The van der Waals surface area contributed by atoms with Gasteiger partial charge in [-0.3, -0.25) is 4.79 Å². The van der Waals surface area contributed by atoms with Crippen LogP contribution in [-0.4, -0.2) is 24.0 Å². The Morgan fingerprint density at radius 2 is 1.92 bits per heavy atom. The van der Waals surface area contributed by atoms with E-state index in [1.54, 1.807) is 18.0 Å². The molecule has 0 heterocycles. The fourth-order valence-electron chi connectivity index (χ4n) is 1.95. The van der Waals surface area contributed by atoms with Crippen molar-refractivity contribution in [3.63, 3.8) is 0 Å². The number of hydrazone groups is 1. The maximum absolute atomic E-state index is 12.0. The Morgan fingerprint density at radius 3 is 2.58 bits per heavy atom. The largest absolute Gasteiger partial charge is 0.494 e. The van der Waals surface area contributed by atoms with E-state index in [0.29, 0.717) is 6.61 Å². The third-order valence-corrected chi connectivity index (χ3v) is 4.51. The van der Waals surface area contributed by atoms with E-state index < -0.39 is 0 Å². The van der Waals surface area contributed by atoms with E-state index in [0.717, 1.165) is 17.1 Å². The molecule has 2 aromatic carbocycles. The molecule has 0 saturated heterocycles. The molecule has 0 saturated carbocycles. The van der Waals surface area contributed by atoms with Crippen molar-refractivity contribution in [3.8, 4) is 5.75 Å². The lowest BCUT2D eigenvalue weighted by Gasteiger charge is -2.09. The molecule has 0 spiro atoms. The van der Waals surface area contributed by atoms with Crippen LogP contribution in [0.5, 0.6) is 5.75 Å². The number of nitrogens with one attached hydrogen (secondary N) is 1. The standard InChI is InChI=1S/C19H22N2O2S/c1-3-23-18-11-9-16(10-12-18)13-20-21-19(22)15(2)24-14-17-7-5-4-6-8-17/h4-13,15H,3,14H2,1-2H3,(H,21,22)/b20-13-/t15-/m1/s1. The molecule has 0 radical (unpaired) electrons. The summed E-state index contributed by atoms with van der Waals surface area (Å²) < 4.78 is 5.38. The van der Waals surface area contributed by atoms with E-state index in [4.69, 9.17) is 4.74 Å². The molecule has 0 aliphatic carbocycles. The van der Waals surface area contributed by atoms with Crippen LogP contribution in [-0.2, 0) is 10.5 Å². The Kier molecular flexibility index (Phi) is 7.36. The van der Waals surface area contributed by atoms with Crippen molar-refractivity contribution in [1.82, 2.24) is 5.43 Å². The maximum Gasteiger partial charge on any atom is 0.252 e. The predicted molar refractivity (Wildman–Crippen MR) is 101 cm³/mol. The minimum Gasteiger partial charge on any atom is -0.494 e. The quantitative estimate of drug-likeness (QED) is 0.585. The van der Waals surface area contributed by atoms with Crippen LogP contribution in [0.25, 0.3) is 0 Å². The number of carbonyl (C=O) groups excluding carboxylic acids is 1. The number of rotatable bonds is 8. The van der Waals surface area contributed by atoms with Crippen molar-refractivity contribution >= 4 is 23.9 Å². The number of amides is 1. The number of nitrogens with zero attached hydrogens (tertiary/aromatic N) is 1. The zero-order valence-electron chi connectivity index (χ0n) is 13.9. The van der Waals surface area contributed by atoms with Crippen LogP contribution in [0.1, 0.15) is 25.0 Å². The second-order valence-electron chi connectivity index (χ2n) is 5.18. The van der Waals surface area contributed by atoms with Gasteiger partial charge in [0.15, 0.2) is 0 Å². The number of hydrogen-bond donors (Lipinski definition) is 1. The van der Waals surface area contributed by atoms with Crippen molar-refractivity contribution < 1.29 is 9.53 Å². The molecule has 0 aliphatic rings. The maximum atomic E-state index is 12.0. The SMILES string of the molecule is CCOc1ccc(/C=N\NC(=O)[C@@H](C)SCc2ccccc2)cc1. The molecular formula is C19H22N2O2S. The molecule has 4 nitrogen and oxygen atoms in total. The van der Waals surface area contributed by atoms with E-state index in [2.05, 4.69) is 22.7 Å². The van der Waals surface area contributed by atoms with E-state index in [1.165, 1.54) is 5.56 Å². The highest BCUT2D eigenvalue weighted by atomic mass is 32.2. The van der Waals surface area contributed by atoms with Crippen molar-refractivity contribution in [2.24, 2.45) is 5.10 Å². The third-order valence-electron chi connectivity index (χ3n) is 3.29. The summed E-state index contributed by atoms with van der Waals surface area (Å²) in [5.41, 5.74) is 4.70. The van der Waals surface area contributed by atoms with Crippen LogP contribution in [0.4, 0.5) is 0 Å². The number of benzene rings is 2. The summed E-state index contributed by atoms with van der Waals surface area (Å²) in [5, 5.41) is 3.85. The molecule has 0 fully saturated rings. The summed E-state index contributed by atoms with van der Waals surface area (Å²) >= 11 is 1.59. The molecule has 0 aliphatic heterocycles. The minimum atomic E-state index is -0.164. The van der Waals surface area contributed by atoms with Gasteiger partial charge in [-0.1, -0.05) is 30.3 Å². The lowest BCUT2D eigenvalue weighted by Crippen LogP contribution is -2.26. The van der Waals surface area contributed by atoms with Crippen molar-refractivity contribution in [2.45, 2.75) is 24.9 Å². The normalized spacial score (nSPS) is 12.1. The van der Waals surface area contributed by atoms with Gasteiger partial charge in [0.25, 0.3) is 5.91 Å². The first-order valence-electron chi connectivity index (χ1n) is 7.90. The lowest BCUT2D eigenvalue weighted by molar-refractivity contribution is -0.120. The highest BCUT2D eigenvalue weighted by Crippen LogP contribution is 2.17. The van der Waals surface area contributed by atoms with E-state index in [-0.39, 0.29) is 11.2 Å². The van der Waals surface area contributed by atoms with Gasteiger partial charge < -0.3 is 4.74 Å². The van der Waals surface area contributed by atoms with E-state index >= 15 is 0 Å². The van der Waals surface area contributed by atoms with Gasteiger partial charge >= 0.3 is 0 Å². The average Bonchev–Trinajstić information content (AvgIpc) is 2.62. The summed E-state index contributed by atoms with van der Waals surface area (Å²) in [6.07, 6.45) is 1.63. The summed E-state index contributed by atoms with van der Waals surface area (Å²) in [4.78, 5) is 12.0. The van der Waals surface area contributed by atoms with Crippen LogP contribution in [0.2, 0.25) is 0 Å². The van der Waals surface area contributed by atoms with Gasteiger partial charge in [0.1, 0.15) is 5.75 Å². The van der Waals surface area contributed by atoms with Gasteiger partial charge in [-0.2, -0.15) is 5.10 Å². The number of ether oxygens (including phenoxy) is 1. The number of carbonyl (C=O) groups is 1. The molecule has 1 atom stereocenters.